The summed E-state index contributed by atoms with van der Waals surface area (Å²) in [4.78, 5) is 12.2. The zero-order chi connectivity index (χ0) is 15.2. The molecule has 0 bridgehead atoms. The third kappa shape index (κ3) is 3.82. The number of rotatable bonds is 6. The number of benzene rings is 2. The van der Waals surface area contributed by atoms with Gasteiger partial charge in [-0.15, -0.1) is 0 Å². The fourth-order valence-electron chi connectivity index (χ4n) is 2.32. The monoisotopic (exact) mass is 285 g/mol. The first-order valence-corrected chi connectivity index (χ1v) is 7.57. The molecule has 0 fully saturated rings. The molecule has 2 aromatic carbocycles. The zero-order valence-corrected chi connectivity index (χ0v) is 12.9. The Morgan fingerprint density at radius 1 is 1.14 bits per heavy atom. The van der Waals surface area contributed by atoms with Crippen LogP contribution in [0.1, 0.15) is 38.8 Å². The fourth-order valence-corrected chi connectivity index (χ4v) is 2.32. The molecule has 0 amide bonds. The van der Waals surface area contributed by atoms with Gasteiger partial charge in [-0.1, -0.05) is 43.3 Å². The van der Waals surface area contributed by atoms with Gasteiger partial charge in [0.15, 0.2) is 0 Å². The average Bonchev–Trinajstić information content (AvgIpc) is 2.52. The van der Waals surface area contributed by atoms with Crippen LogP contribution in [-0.2, 0) is 9.53 Å². The summed E-state index contributed by atoms with van der Waals surface area (Å²) in [7, 11) is 0. The third-order valence-corrected chi connectivity index (χ3v) is 3.69. The molecule has 3 nitrogen and oxygen atoms in total. The Labute approximate surface area is 126 Å². The quantitative estimate of drug-likeness (QED) is 0.820. The first-order valence-electron chi connectivity index (χ1n) is 7.57. The highest BCUT2D eigenvalue weighted by molar-refractivity contribution is 5.85. The number of carbonyl (C=O) groups is 1. The molecule has 0 aliphatic carbocycles. The van der Waals surface area contributed by atoms with Gasteiger partial charge in [0.05, 0.1) is 6.61 Å². The van der Waals surface area contributed by atoms with Crippen LogP contribution in [0.5, 0.6) is 0 Å². The molecule has 0 heterocycles. The van der Waals surface area contributed by atoms with Crippen LogP contribution < -0.4 is 5.32 Å². The molecule has 0 aromatic heterocycles. The lowest BCUT2D eigenvalue weighted by molar-refractivity contribution is -0.146. The van der Waals surface area contributed by atoms with Gasteiger partial charge in [-0.25, -0.2) is 4.79 Å². The molecule has 2 atom stereocenters. The highest BCUT2D eigenvalue weighted by atomic mass is 16.5. The number of ether oxygens (including phenoxy) is 1. The first kappa shape index (κ1) is 15.5. The Hall–Kier alpha value is -1.87. The molecule has 0 aliphatic rings. The number of carbonyl (C=O) groups excluding carboxylic acids is 1. The van der Waals surface area contributed by atoms with Crippen LogP contribution in [0.4, 0.5) is 0 Å². The lowest BCUT2D eigenvalue weighted by Crippen LogP contribution is -2.36. The Kier molecular flexibility index (Phi) is 5.34. The predicted octanol–water partition coefficient (Wildman–Crippen LogP) is 3.83. The van der Waals surface area contributed by atoms with Crippen LogP contribution in [0.15, 0.2) is 42.5 Å². The van der Waals surface area contributed by atoms with Gasteiger partial charge in [-0.2, -0.15) is 0 Å². The van der Waals surface area contributed by atoms with Gasteiger partial charge < -0.3 is 4.74 Å². The maximum atomic E-state index is 12.2. The van der Waals surface area contributed by atoms with Crippen LogP contribution in [-0.4, -0.2) is 18.6 Å². The van der Waals surface area contributed by atoms with E-state index in [-0.39, 0.29) is 12.0 Å². The topological polar surface area (TPSA) is 38.3 Å². The number of esters is 1. The second-order valence-electron chi connectivity index (χ2n) is 5.27. The van der Waals surface area contributed by atoms with E-state index in [4.69, 9.17) is 4.74 Å². The van der Waals surface area contributed by atoms with E-state index in [0.717, 1.165) is 17.4 Å². The molecule has 1 N–H and O–H groups in total. The third-order valence-electron chi connectivity index (χ3n) is 3.69. The van der Waals surface area contributed by atoms with Crippen LogP contribution in [0.3, 0.4) is 0 Å². The summed E-state index contributed by atoms with van der Waals surface area (Å²) < 4.78 is 5.21. The van der Waals surface area contributed by atoms with E-state index in [0.29, 0.717) is 6.61 Å². The summed E-state index contributed by atoms with van der Waals surface area (Å²) in [6, 6.07) is 14.1. The van der Waals surface area contributed by atoms with E-state index in [1.807, 2.05) is 25.1 Å². The molecule has 0 radical (unpaired) electrons. The van der Waals surface area contributed by atoms with Crippen molar-refractivity contribution in [2.24, 2.45) is 0 Å². The summed E-state index contributed by atoms with van der Waals surface area (Å²) in [5.41, 5.74) is 0.951. The maximum absolute atomic E-state index is 12.2. The number of hydrogen-bond acceptors (Lipinski definition) is 3. The molecular weight excluding hydrogens is 262 g/mol. The molecule has 3 heteroatoms. The van der Waals surface area contributed by atoms with E-state index >= 15 is 0 Å². The Morgan fingerprint density at radius 2 is 1.86 bits per heavy atom. The highest BCUT2D eigenvalue weighted by Gasteiger charge is 2.23. The largest absolute Gasteiger partial charge is 0.465 e. The molecular formula is C18H23NO2. The molecule has 2 unspecified atom stereocenters. The summed E-state index contributed by atoms with van der Waals surface area (Å²) in [6.45, 7) is 6.40. The molecule has 21 heavy (non-hydrogen) atoms. The van der Waals surface area contributed by atoms with Crippen LogP contribution in [0.25, 0.3) is 10.8 Å². The number of nitrogens with one attached hydrogen (secondary N) is 1. The Morgan fingerprint density at radius 3 is 2.52 bits per heavy atom. The molecule has 0 saturated carbocycles. The lowest BCUT2D eigenvalue weighted by atomic mass is 10.0. The molecule has 112 valence electrons. The van der Waals surface area contributed by atoms with Crippen molar-refractivity contribution in [2.45, 2.75) is 39.3 Å². The SMILES string of the molecule is CCOC(=O)C(NC(C)CC)c1ccc2ccccc2c1. The molecule has 0 aliphatic heterocycles. The minimum Gasteiger partial charge on any atom is -0.465 e. The smallest absolute Gasteiger partial charge is 0.327 e. The minimum absolute atomic E-state index is 0.215. The zero-order valence-electron chi connectivity index (χ0n) is 12.9. The van der Waals surface area contributed by atoms with Crippen LogP contribution in [0, 0.1) is 0 Å². The van der Waals surface area contributed by atoms with Gasteiger partial charge in [0.1, 0.15) is 6.04 Å². The van der Waals surface area contributed by atoms with Gasteiger partial charge in [-0.05, 0) is 42.7 Å². The second-order valence-corrected chi connectivity index (χ2v) is 5.27. The van der Waals surface area contributed by atoms with Crippen molar-refractivity contribution in [3.8, 4) is 0 Å². The van der Waals surface area contributed by atoms with E-state index in [1.54, 1.807) is 0 Å². The van der Waals surface area contributed by atoms with Crippen molar-refractivity contribution in [3.05, 3.63) is 48.0 Å². The van der Waals surface area contributed by atoms with Gasteiger partial charge >= 0.3 is 5.97 Å². The van der Waals surface area contributed by atoms with E-state index in [9.17, 15) is 4.79 Å². The molecule has 0 saturated heterocycles. The average molecular weight is 285 g/mol. The van der Waals surface area contributed by atoms with Crippen molar-refractivity contribution >= 4 is 16.7 Å². The van der Waals surface area contributed by atoms with E-state index in [2.05, 4.69) is 43.4 Å². The lowest BCUT2D eigenvalue weighted by Gasteiger charge is -2.22. The predicted molar refractivity (Wildman–Crippen MR) is 86.2 cm³/mol. The fraction of sp³-hybridized carbons (Fsp3) is 0.389. The highest BCUT2D eigenvalue weighted by Crippen LogP contribution is 2.22. The Bertz CT molecular complexity index is 609. The molecule has 2 rings (SSSR count). The summed E-state index contributed by atoms with van der Waals surface area (Å²) in [5.74, 6) is -0.215. The van der Waals surface area contributed by atoms with Gasteiger partial charge in [0.2, 0.25) is 0 Å². The standard InChI is InChI=1S/C18H23NO2/c1-4-13(3)19-17(18(20)21-5-2)16-11-10-14-8-6-7-9-15(14)12-16/h6-13,17,19H,4-5H2,1-3H3. The van der Waals surface area contributed by atoms with Crippen molar-refractivity contribution in [2.75, 3.05) is 6.61 Å². The summed E-state index contributed by atoms with van der Waals surface area (Å²) in [5, 5.41) is 5.67. The van der Waals surface area contributed by atoms with Crippen molar-refractivity contribution in [1.29, 1.82) is 0 Å². The van der Waals surface area contributed by atoms with Crippen molar-refractivity contribution < 1.29 is 9.53 Å². The number of hydrogen-bond donors (Lipinski definition) is 1. The van der Waals surface area contributed by atoms with Gasteiger partial charge in [0, 0.05) is 6.04 Å². The maximum Gasteiger partial charge on any atom is 0.327 e. The van der Waals surface area contributed by atoms with Gasteiger partial charge in [-0.3, -0.25) is 5.32 Å². The second kappa shape index (κ2) is 7.23. The summed E-state index contributed by atoms with van der Waals surface area (Å²) >= 11 is 0. The van der Waals surface area contributed by atoms with Crippen LogP contribution >= 0.6 is 0 Å². The number of fused-ring (bicyclic) bond motifs is 1. The summed E-state index contributed by atoms with van der Waals surface area (Å²) in [6.07, 6.45) is 0.962. The van der Waals surface area contributed by atoms with E-state index < -0.39 is 6.04 Å². The van der Waals surface area contributed by atoms with E-state index in [1.165, 1.54) is 5.39 Å². The molecule has 2 aromatic rings. The first-order chi connectivity index (χ1) is 10.2. The van der Waals surface area contributed by atoms with Crippen molar-refractivity contribution in [3.63, 3.8) is 0 Å². The normalized spacial score (nSPS) is 13.9. The Balaban J connectivity index is 2.34. The van der Waals surface area contributed by atoms with Crippen molar-refractivity contribution in [1.82, 2.24) is 5.32 Å². The molecule has 0 spiro atoms. The van der Waals surface area contributed by atoms with Crippen LogP contribution in [0.2, 0.25) is 0 Å². The minimum atomic E-state index is -0.412. The van der Waals surface area contributed by atoms with Gasteiger partial charge in [0.25, 0.3) is 0 Å².